The highest BCUT2D eigenvalue weighted by molar-refractivity contribution is 6.31. The largest absolute Gasteiger partial charge is 0.348 e. The minimum Gasteiger partial charge on any atom is -0.348 e. The highest BCUT2D eigenvalue weighted by Crippen LogP contribution is 2.20. The molecular formula is C19H23ClN2O2. The van der Waals surface area contributed by atoms with Crippen LogP contribution < -0.4 is 10.9 Å². The number of nitrogens with one attached hydrogen (secondary N) is 2. The third-order valence-electron chi connectivity index (χ3n) is 4.18. The Morgan fingerprint density at radius 3 is 2.58 bits per heavy atom. The Balaban J connectivity index is 2.26. The number of hydrogen-bond acceptors (Lipinski definition) is 2. The van der Waals surface area contributed by atoms with Crippen LogP contribution in [-0.2, 0) is 13.0 Å². The first kappa shape index (κ1) is 18.3. The summed E-state index contributed by atoms with van der Waals surface area (Å²) in [6.45, 7) is 7.94. The van der Waals surface area contributed by atoms with Crippen LogP contribution in [0.15, 0.2) is 23.0 Å². The predicted octanol–water partition coefficient (Wildman–Crippen LogP) is 3.84. The first-order chi connectivity index (χ1) is 11.3. The van der Waals surface area contributed by atoms with Crippen molar-refractivity contribution in [2.45, 2.75) is 47.1 Å². The van der Waals surface area contributed by atoms with Crippen LogP contribution in [0.1, 0.15) is 51.7 Å². The number of pyridine rings is 1. The fourth-order valence-corrected chi connectivity index (χ4v) is 3.06. The molecule has 0 spiro atoms. The standard InChI is InChI=1S/C19H23ClN2O2/c1-5-6-14-8-12(3)22-19(24)17(14)10-21-18(23)16-9-15(20)7-11(2)13(16)4/h7-9H,5-6,10H2,1-4H3,(H,21,23)(H,22,24). The Morgan fingerprint density at radius 1 is 1.21 bits per heavy atom. The molecule has 0 atom stereocenters. The van der Waals surface area contributed by atoms with Crippen LogP contribution in [0.2, 0.25) is 5.02 Å². The molecule has 1 heterocycles. The van der Waals surface area contributed by atoms with Crippen LogP contribution in [0.25, 0.3) is 0 Å². The molecule has 0 bridgehead atoms. The van der Waals surface area contributed by atoms with Gasteiger partial charge in [0.05, 0.1) is 0 Å². The fraction of sp³-hybridized carbons (Fsp3) is 0.368. The van der Waals surface area contributed by atoms with E-state index in [0.29, 0.717) is 16.1 Å². The summed E-state index contributed by atoms with van der Waals surface area (Å²) >= 11 is 6.06. The minimum absolute atomic E-state index is 0.141. The van der Waals surface area contributed by atoms with Crippen molar-refractivity contribution in [3.63, 3.8) is 0 Å². The zero-order valence-corrected chi connectivity index (χ0v) is 15.3. The highest BCUT2D eigenvalue weighted by Gasteiger charge is 2.14. The summed E-state index contributed by atoms with van der Waals surface area (Å²) in [7, 11) is 0. The Hall–Kier alpha value is -2.07. The first-order valence-electron chi connectivity index (χ1n) is 8.10. The predicted molar refractivity (Wildman–Crippen MR) is 97.9 cm³/mol. The summed E-state index contributed by atoms with van der Waals surface area (Å²) in [5, 5.41) is 3.38. The number of aryl methyl sites for hydroxylation is 3. The number of halogens is 1. The Morgan fingerprint density at radius 2 is 1.92 bits per heavy atom. The lowest BCUT2D eigenvalue weighted by Gasteiger charge is -2.13. The maximum atomic E-state index is 12.5. The van der Waals surface area contributed by atoms with Crippen LogP contribution >= 0.6 is 11.6 Å². The normalized spacial score (nSPS) is 10.7. The lowest BCUT2D eigenvalue weighted by molar-refractivity contribution is 0.0950. The smallest absolute Gasteiger partial charge is 0.253 e. The number of carbonyl (C=O) groups is 1. The topological polar surface area (TPSA) is 62.0 Å². The Labute approximate surface area is 147 Å². The van der Waals surface area contributed by atoms with Gasteiger partial charge in [0.15, 0.2) is 0 Å². The van der Waals surface area contributed by atoms with E-state index in [1.54, 1.807) is 6.07 Å². The van der Waals surface area contributed by atoms with E-state index in [2.05, 4.69) is 17.2 Å². The highest BCUT2D eigenvalue weighted by atomic mass is 35.5. The van der Waals surface area contributed by atoms with Crippen molar-refractivity contribution in [2.24, 2.45) is 0 Å². The van der Waals surface area contributed by atoms with Crippen molar-refractivity contribution in [1.29, 1.82) is 0 Å². The SMILES string of the molecule is CCCc1cc(C)[nH]c(=O)c1CNC(=O)c1cc(Cl)cc(C)c1C. The number of aromatic nitrogens is 1. The lowest BCUT2D eigenvalue weighted by atomic mass is 10.0. The third-order valence-corrected chi connectivity index (χ3v) is 4.40. The fourth-order valence-electron chi connectivity index (χ4n) is 2.79. The molecule has 0 radical (unpaired) electrons. The molecule has 1 amide bonds. The quantitative estimate of drug-likeness (QED) is 0.864. The molecule has 0 saturated heterocycles. The molecule has 0 aliphatic rings. The van der Waals surface area contributed by atoms with Gasteiger partial charge in [-0.2, -0.15) is 0 Å². The van der Waals surface area contributed by atoms with Crippen molar-refractivity contribution in [3.05, 3.63) is 67.1 Å². The summed E-state index contributed by atoms with van der Waals surface area (Å²) in [5.41, 5.74) is 4.69. The first-order valence-corrected chi connectivity index (χ1v) is 8.48. The summed E-state index contributed by atoms with van der Waals surface area (Å²) in [4.78, 5) is 27.5. The summed E-state index contributed by atoms with van der Waals surface area (Å²) in [5.74, 6) is -0.222. The molecule has 0 aliphatic carbocycles. The van der Waals surface area contributed by atoms with Crippen molar-refractivity contribution >= 4 is 17.5 Å². The van der Waals surface area contributed by atoms with E-state index in [0.717, 1.165) is 35.2 Å². The van der Waals surface area contributed by atoms with Gasteiger partial charge in [0.2, 0.25) is 0 Å². The molecule has 1 aromatic carbocycles. The van der Waals surface area contributed by atoms with Crippen molar-refractivity contribution in [1.82, 2.24) is 10.3 Å². The summed E-state index contributed by atoms with van der Waals surface area (Å²) in [6, 6.07) is 5.46. The second-order valence-electron chi connectivity index (χ2n) is 6.11. The maximum absolute atomic E-state index is 12.5. The molecule has 0 saturated carbocycles. The molecule has 4 nitrogen and oxygen atoms in total. The van der Waals surface area contributed by atoms with E-state index in [1.807, 2.05) is 32.9 Å². The molecular weight excluding hydrogens is 324 g/mol. The zero-order chi connectivity index (χ0) is 17.9. The van der Waals surface area contributed by atoms with E-state index in [1.165, 1.54) is 0 Å². The maximum Gasteiger partial charge on any atom is 0.253 e. The van der Waals surface area contributed by atoms with Gasteiger partial charge in [-0.25, -0.2) is 0 Å². The molecule has 0 unspecified atom stereocenters. The van der Waals surface area contributed by atoms with Crippen LogP contribution in [-0.4, -0.2) is 10.9 Å². The number of amides is 1. The van der Waals surface area contributed by atoms with E-state index in [-0.39, 0.29) is 18.0 Å². The number of aromatic amines is 1. The van der Waals surface area contributed by atoms with Gasteiger partial charge in [0.1, 0.15) is 0 Å². The molecule has 128 valence electrons. The van der Waals surface area contributed by atoms with E-state index < -0.39 is 0 Å². The second kappa shape index (κ2) is 7.67. The average Bonchev–Trinajstić information content (AvgIpc) is 2.50. The third kappa shape index (κ3) is 4.06. The molecule has 1 aromatic heterocycles. The van der Waals surface area contributed by atoms with E-state index in [4.69, 9.17) is 11.6 Å². The molecule has 0 fully saturated rings. The summed E-state index contributed by atoms with van der Waals surface area (Å²) < 4.78 is 0. The van der Waals surface area contributed by atoms with Crippen LogP contribution in [0, 0.1) is 20.8 Å². The van der Waals surface area contributed by atoms with Crippen molar-refractivity contribution in [2.75, 3.05) is 0 Å². The number of benzene rings is 1. The van der Waals surface area contributed by atoms with Gasteiger partial charge < -0.3 is 10.3 Å². The van der Waals surface area contributed by atoms with Crippen LogP contribution in [0.5, 0.6) is 0 Å². The van der Waals surface area contributed by atoms with Gasteiger partial charge >= 0.3 is 0 Å². The number of hydrogen-bond donors (Lipinski definition) is 2. The van der Waals surface area contributed by atoms with Gasteiger partial charge in [0, 0.05) is 28.4 Å². The van der Waals surface area contributed by atoms with Crippen molar-refractivity contribution < 1.29 is 4.79 Å². The minimum atomic E-state index is -0.222. The monoisotopic (exact) mass is 346 g/mol. The zero-order valence-electron chi connectivity index (χ0n) is 14.5. The van der Waals surface area contributed by atoms with Gasteiger partial charge in [-0.1, -0.05) is 24.9 Å². The summed E-state index contributed by atoms with van der Waals surface area (Å²) in [6.07, 6.45) is 1.75. The lowest BCUT2D eigenvalue weighted by Crippen LogP contribution is -2.29. The van der Waals surface area contributed by atoms with E-state index in [9.17, 15) is 9.59 Å². The molecule has 24 heavy (non-hydrogen) atoms. The van der Waals surface area contributed by atoms with E-state index >= 15 is 0 Å². The van der Waals surface area contributed by atoms with Gasteiger partial charge in [0.25, 0.3) is 11.5 Å². The van der Waals surface area contributed by atoms with Gasteiger partial charge in [-0.05, 0) is 62.1 Å². The van der Waals surface area contributed by atoms with Crippen LogP contribution in [0.4, 0.5) is 0 Å². The molecule has 0 aliphatic heterocycles. The molecule has 2 aromatic rings. The molecule has 2 N–H and O–H groups in total. The molecule has 2 rings (SSSR count). The number of rotatable bonds is 5. The van der Waals surface area contributed by atoms with Crippen LogP contribution in [0.3, 0.4) is 0 Å². The average molecular weight is 347 g/mol. The number of H-pyrrole nitrogens is 1. The van der Waals surface area contributed by atoms with Crippen molar-refractivity contribution in [3.8, 4) is 0 Å². The Bertz CT molecular complexity index is 825. The second-order valence-corrected chi connectivity index (χ2v) is 6.55. The number of carbonyl (C=O) groups excluding carboxylic acids is 1. The molecule has 5 heteroatoms. The van der Waals surface area contributed by atoms with Gasteiger partial charge in [-0.3, -0.25) is 9.59 Å². The van der Waals surface area contributed by atoms with Gasteiger partial charge in [-0.15, -0.1) is 0 Å². The Kier molecular flexibility index (Phi) is 5.84.